The molecule has 0 radical (unpaired) electrons. The third kappa shape index (κ3) is 3.59. The molecule has 2 aromatic heterocycles. The number of fused-ring (bicyclic) bond motifs is 1. The number of carbonyl (C=O) groups excluding carboxylic acids is 1. The number of nitrogens with zero attached hydrogens (tertiary/aromatic N) is 4. The van der Waals surface area contributed by atoms with Crippen molar-refractivity contribution < 1.29 is 9.18 Å². The molecule has 0 aliphatic rings. The van der Waals surface area contributed by atoms with E-state index in [2.05, 4.69) is 31.3 Å². The summed E-state index contributed by atoms with van der Waals surface area (Å²) in [7, 11) is 3.22. The average Bonchev–Trinajstić information content (AvgIpc) is 2.93. The quantitative estimate of drug-likeness (QED) is 0.651. The minimum atomic E-state index is -0.581. The fourth-order valence-corrected chi connectivity index (χ4v) is 3.31. The molecule has 0 aliphatic carbocycles. The van der Waals surface area contributed by atoms with Crippen LogP contribution in [0.2, 0.25) is 0 Å². The predicted octanol–water partition coefficient (Wildman–Crippen LogP) is 3.78. The van der Waals surface area contributed by atoms with E-state index in [0.717, 1.165) is 10.2 Å². The van der Waals surface area contributed by atoms with Gasteiger partial charge in [0.05, 0.1) is 5.69 Å². The average molecular weight is 435 g/mol. The van der Waals surface area contributed by atoms with E-state index in [1.165, 1.54) is 17.0 Å². The van der Waals surface area contributed by atoms with Gasteiger partial charge in [0.25, 0.3) is 5.91 Å². The van der Waals surface area contributed by atoms with E-state index in [1.807, 2.05) is 19.9 Å². The fraction of sp³-hybridized carbons (Fsp3) is 0.278. The second-order valence-corrected chi connectivity index (χ2v) is 7.53. The van der Waals surface area contributed by atoms with Crippen molar-refractivity contribution >= 4 is 44.8 Å². The highest BCUT2D eigenvalue weighted by Crippen LogP contribution is 2.30. The van der Waals surface area contributed by atoms with Crippen molar-refractivity contribution in [2.75, 3.05) is 25.1 Å². The summed E-state index contributed by atoms with van der Waals surface area (Å²) < 4.78 is 16.9. The van der Waals surface area contributed by atoms with Crippen molar-refractivity contribution in [1.29, 1.82) is 0 Å². The molecule has 3 rings (SSSR count). The molecule has 0 saturated carbocycles. The van der Waals surface area contributed by atoms with Crippen molar-refractivity contribution in [2.45, 2.75) is 19.8 Å². The lowest BCUT2D eigenvalue weighted by Crippen LogP contribution is -2.21. The van der Waals surface area contributed by atoms with E-state index in [1.54, 1.807) is 24.7 Å². The van der Waals surface area contributed by atoms with E-state index in [4.69, 9.17) is 5.73 Å². The van der Waals surface area contributed by atoms with Crippen LogP contribution in [0.1, 0.15) is 35.8 Å². The number of nitrogen functional groups attached to an aromatic ring is 1. The number of anilines is 3. The Labute approximate surface area is 164 Å². The van der Waals surface area contributed by atoms with Crippen LogP contribution in [-0.2, 0) is 0 Å². The van der Waals surface area contributed by atoms with Gasteiger partial charge in [-0.2, -0.15) is 4.98 Å². The molecule has 3 aromatic rings. The molecule has 1 amide bonds. The first kappa shape index (κ1) is 19.1. The number of halogens is 2. The van der Waals surface area contributed by atoms with Crippen LogP contribution in [0, 0.1) is 5.82 Å². The van der Waals surface area contributed by atoms with Gasteiger partial charge in [0.15, 0.2) is 5.82 Å². The largest absolute Gasteiger partial charge is 0.382 e. The lowest BCUT2D eigenvalue weighted by atomic mass is 10.1. The zero-order valence-electron chi connectivity index (χ0n) is 15.4. The van der Waals surface area contributed by atoms with E-state index < -0.39 is 5.82 Å². The van der Waals surface area contributed by atoms with Gasteiger partial charge in [-0.05, 0) is 46.1 Å². The first-order valence-corrected chi connectivity index (χ1v) is 9.11. The number of benzene rings is 1. The predicted molar refractivity (Wildman–Crippen MR) is 107 cm³/mol. The normalized spacial score (nSPS) is 11.2. The lowest BCUT2D eigenvalue weighted by molar-refractivity contribution is 0.0827. The Bertz CT molecular complexity index is 1030. The van der Waals surface area contributed by atoms with Gasteiger partial charge in [-0.3, -0.25) is 4.79 Å². The van der Waals surface area contributed by atoms with Gasteiger partial charge in [-0.1, -0.05) is 13.8 Å². The molecule has 1 aromatic carbocycles. The molecule has 0 saturated heterocycles. The summed E-state index contributed by atoms with van der Waals surface area (Å²) in [6.45, 7) is 4.08. The summed E-state index contributed by atoms with van der Waals surface area (Å²) in [6.07, 6.45) is 0. The molecule has 2 heterocycles. The van der Waals surface area contributed by atoms with Gasteiger partial charge in [0, 0.05) is 29.8 Å². The maximum Gasteiger partial charge on any atom is 0.253 e. The molecule has 0 unspecified atom stereocenters. The summed E-state index contributed by atoms with van der Waals surface area (Å²) in [5.41, 5.74) is 8.10. The highest BCUT2D eigenvalue weighted by molar-refractivity contribution is 9.10. The zero-order valence-corrected chi connectivity index (χ0v) is 17.0. The highest BCUT2D eigenvalue weighted by atomic mass is 79.9. The van der Waals surface area contributed by atoms with Crippen LogP contribution >= 0.6 is 15.9 Å². The van der Waals surface area contributed by atoms with Gasteiger partial charge in [-0.25, -0.2) is 8.91 Å². The minimum absolute atomic E-state index is 0.154. The number of carbonyl (C=O) groups is 1. The Morgan fingerprint density at radius 1 is 1.33 bits per heavy atom. The summed E-state index contributed by atoms with van der Waals surface area (Å²) in [4.78, 5) is 17.6. The molecule has 0 fully saturated rings. The number of nitrogens with one attached hydrogen (secondary N) is 1. The molecule has 0 bridgehead atoms. The van der Waals surface area contributed by atoms with Gasteiger partial charge in [0.1, 0.15) is 11.3 Å². The first-order chi connectivity index (χ1) is 12.7. The SMILES string of the molecule is CC(C)c1cc(Br)c2c(N)nc(Nc3ccc(C(=O)N(C)C)cc3F)nn12. The second kappa shape index (κ2) is 7.15. The molecule has 27 heavy (non-hydrogen) atoms. The highest BCUT2D eigenvalue weighted by Gasteiger charge is 2.17. The summed E-state index contributed by atoms with van der Waals surface area (Å²) in [5.74, 6) is -0.218. The Morgan fingerprint density at radius 3 is 2.63 bits per heavy atom. The molecule has 9 heteroatoms. The molecule has 7 nitrogen and oxygen atoms in total. The second-order valence-electron chi connectivity index (χ2n) is 6.67. The van der Waals surface area contributed by atoms with Gasteiger partial charge in [-0.15, -0.1) is 5.10 Å². The van der Waals surface area contributed by atoms with E-state index >= 15 is 0 Å². The summed E-state index contributed by atoms with van der Waals surface area (Å²) >= 11 is 3.48. The minimum Gasteiger partial charge on any atom is -0.382 e. The van der Waals surface area contributed by atoms with Crippen LogP contribution in [0.25, 0.3) is 5.52 Å². The topological polar surface area (TPSA) is 88.5 Å². The number of hydrogen-bond acceptors (Lipinski definition) is 5. The Kier molecular flexibility index (Phi) is 5.05. The molecular weight excluding hydrogens is 415 g/mol. The van der Waals surface area contributed by atoms with Gasteiger partial charge in [0.2, 0.25) is 5.95 Å². The van der Waals surface area contributed by atoms with Crippen LogP contribution in [-0.4, -0.2) is 39.5 Å². The van der Waals surface area contributed by atoms with E-state index in [9.17, 15) is 9.18 Å². The molecule has 3 N–H and O–H groups in total. The maximum absolute atomic E-state index is 14.5. The van der Waals surface area contributed by atoms with Crippen molar-refractivity contribution in [3.63, 3.8) is 0 Å². The van der Waals surface area contributed by atoms with Crippen LogP contribution in [0.5, 0.6) is 0 Å². The van der Waals surface area contributed by atoms with E-state index in [0.29, 0.717) is 5.52 Å². The van der Waals surface area contributed by atoms with Crippen molar-refractivity contribution in [3.05, 3.63) is 45.8 Å². The smallest absolute Gasteiger partial charge is 0.253 e. The van der Waals surface area contributed by atoms with Crippen molar-refractivity contribution in [2.24, 2.45) is 0 Å². The molecule has 142 valence electrons. The standard InChI is InChI=1S/C18H20BrFN6O/c1-9(2)14-8-11(19)15-16(21)23-18(24-26(14)15)22-13-6-5-10(7-12(13)20)17(27)25(3)4/h5-9H,1-4H3,(H3,21,22,23,24). The third-order valence-corrected chi connectivity index (χ3v) is 4.69. The van der Waals surface area contributed by atoms with Crippen molar-refractivity contribution in [1.82, 2.24) is 19.5 Å². The van der Waals surface area contributed by atoms with Gasteiger partial charge >= 0.3 is 0 Å². The number of amides is 1. The number of aromatic nitrogens is 3. The Morgan fingerprint density at radius 2 is 2.04 bits per heavy atom. The Balaban J connectivity index is 2.00. The summed E-state index contributed by atoms with van der Waals surface area (Å²) in [5, 5.41) is 7.28. The van der Waals surface area contributed by atoms with Gasteiger partial charge < -0.3 is 16.0 Å². The maximum atomic E-state index is 14.5. The zero-order chi connectivity index (χ0) is 19.9. The van der Waals surface area contributed by atoms with Crippen LogP contribution in [0.15, 0.2) is 28.7 Å². The lowest BCUT2D eigenvalue weighted by Gasteiger charge is -2.13. The van der Waals surface area contributed by atoms with Crippen molar-refractivity contribution in [3.8, 4) is 0 Å². The first-order valence-electron chi connectivity index (χ1n) is 8.32. The number of rotatable bonds is 4. The van der Waals surface area contributed by atoms with Crippen LogP contribution in [0.3, 0.4) is 0 Å². The molecule has 0 atom stereocenters. The molecule has 0 aliphatic heterocycles. The molecular formula is C18H20BrFN6O. The van der Waals surface area contributed by atoms with E-state index in [-0.39, 0.29) is 34.8 Å². The summed E-state index contributed by atoms with van der Waals surface area (Å²) in [6, 6.07) is 6.14. The number of hydrogen-bond donors (Lipinski definition) is 2. The monoisotopic (exact) mass is 434 g/mol. The van der Waals surface area contributed by atoms with Crippen LogP contribution in [0.4, 0.5) is 21.8 Å². The van der Waals surface area contributed by atoms with Crippen LogP contribution < -0.4 is 11.1 Å². The fourth-order valence-electron chi connectivity index (χ4n) is 2.70. The number of nitrogens with two attached hydrogens (primary N) is 1. The third-order valence-electron chi connectivity index (χ3n) is 4.08. The Hall–Kier alpha value is -2.68. The molecule has 0 spiro atoms.